The van der Waals surface area contributed by atoms with Crippen molar-refractivity contribution >= 4 is 17.2 Å². The lowest BCUT2D eigenvalue weighted by Crippen LogP contribution is -2.12. The summed E-state index contributed by atoms with van der Waals surface area (Å²) in [5, 5.41) is 3.15. The van der Waals surface area contributed by atoms with E-state index in [0.717, 1.165) is 6.20 Å². The number of halogens is 2. The third kappa shape index (κ3) is 3.22. The highest BCUT2D eigenvalue weighted by Crippen LogP contribution is 2.25. The average molecular weight is 381 g/mol. The summed E-state index contributed by atoms with van der Waals surface area (Å²) < 4.78 is 28.5. The molecule has 0 bridgehead atoms. The number of pyridine rings is 2. The number of imidazole rings is 1. The van der Waals surface area contributed by atoms with Gasteiger partial charge in [-0.1, -0.05) is 0 Å². The SMILES string of the molecule is Cc1cc(F)cn2c(-c3ncc(N)c(N[C@@H](C)c4ccc(F)cn4)n3)cnc12. The van der Waals surface area contributed by atoms with Gasteiger partial charge >= 0.3 is 0 Å². The van der Waals surface area contributed by atoms with Gasteiger partial charge in [-0.3, -0.25) is 9.38 Å². The van der Waals surface area contributed by atoms with Crippen molar-refractivity contribution < 1.29 is 8.78 Å². The van der Waals surface area contributed by atoms with E-state index in [1.165, 1.54) is 24.5 Å². The van der Waals surface area contributed by atoms with Crippen LogP contribution in [-0.4, -0.2) is 24.3 Å². The maximum Gasteiger partial charge on any atom is 0.180 e. The summed E-state index contributed by atoms with van der Waals surface area (Å²) in [4.78, 5) is 17.1. The number of rotatable bonds is 4. The van der Waals surface area contributed by atoms with Gasteiger partial charge in [0.1, 0.15) is 23.0 Å². The van der Waals surface area contributed by atoms with Gasteiger partial charge in [-0.2, -0.15) is 0 Å². The maximum absolute atomic E-state index is 13.8. The van der Waals surface area contributed by atoms with Crippen LogP contribution in [-0.2, 0) is 0 Å². The molecule has 3 N–H and O–H groups in total. The Morgan fingerprint density at radius 2 is 1.89 bits per heavy atom. The van der Waals surface area contributed by atoms with Crippen LogP contribution in [0.5, 0.6) is 0 Å². The van der Waals surface area contributed by atoms with Crippen molar-refractivity contribution in [2.45, 2.75) is 19.9 Å². The Morgan fingerprint density at radius 1 is 1.07 bits per heavy atom. The minimum absolute atomic E-state index is 0.271. The van der Waals surface area contributed by atoms with Gasteiger partial charge in [-0.15, -0.1) is 0 Å². The number of aryl methyl sites for hydroxylation is 1. The molecule has 0 amide bonds. The van der Waals surface area contributed by atoms with Crippen LogP contribution in [0.1, 0.15) is 24.2 Å². The summed E-state index contributed by atoms with van der Waals surface area (Å²) in [6, 6.07) is 4.07. The molecule has 4 aromatic rings. The van der Waals surface area contributed by atoms with Crippen molar-refractivity contribution in [1.29, 1.82) is 0 Å². The second kappa shape index (κ2) is 6.84. The molecule has 0 aromatic carbocycles. The number of nitrogens with zero attached hydrogens (tertiary/aromatic N) is 5. The van der Waals surface area contributed by atoms with Crippen molar-refractivity contribution in [3.05, 3.63) is 65.9 Å². The fourth-order valence-electron chi connectivity index (χ4n) is 2.93. The number of anilines is 2. The predicted octanol–water partition coefficient (Wildman–Crippen LogP) is 3.53. The summed E-state index contributed by atoms with van der Waals surface area (Å²) in [5.74, 6) is -0.0517. The Bertz CT molecular complexity index is 1160. The molecule has 0 spiro atoms. The summed E-state index contributed by atoms with van der Waals surface area (Å²) >= 11 is 0. The van der Waals surface area contributed by atoms with E-state index in [4.69, 9.17) is 5.73 Å². The topological polar surface area (TPSA) is 94.0 Å². The van der Waals surface area contributed by atoms with E-state index in [2.05, 4.69) is 25.3 Å². The molecule has 142 valence electrons. The van der Waals surface area contributed by atoms with Gasteiger partial charge in [0, 0.05) is 6.20 Å². The van der Waals surface area contributed by atoms with Gasteiger partial charge in [-0.25, -0.2) is 23.7 Å². The highest BCUT2D eigenvalue weighted by Gasteiger charge is 2.15. The van der Waals surface area contributed by atoms with E-state index in [9.17, 15) is 8.78 Å². The van der Waals surface area contributed by atoms with Gasteiger partial charge in [0.2, 0.25) is 0 Å². The van der Waals surface area contributed by atoms with Gasteiger partial charge in [0.25, 0.3) is 0 Å². The molecular formula is C19H17F2N7. The standard InChI is InChI=1S/C19H17F2N7/c1-10-5-13(21)9-28-16(8-25-19(10)28)18-24-7-14(22)17(27-18)26-11(2)15-4-3-12(20)6-23-15/h3-9,11H,22H2,1-2H3,(H,24,26,27)/t11-/m0/s1. The molecular weight excluding hydrogens is 364 g/mol. The van der Waals surface area contributed by atoms with Crippen molar-refractivity contribution in [2.75, 3.05) is 11.1 Å². The first-order valence-electron chi connectivity index (χ1n) is 8.56. The Morgan fingerprint density at radius 3 is 2.64 bits per heavy atom. The Balaban J connectivity index is 1.71. The molecule has 0 unspecified atom stereocenters. The molecule has 0 saturated heterocycles. The number of nitrogens with one attached hydrogen (secondary N) is 1. The molecule has 0 aliphatic heterocycles. The molecule has 9 heteroatoms. The largest absolute Gasteiger partial charge is 0.394 e. The molecule has 7 nitrogen and oxygen atoms in total. The number of hydrogen-bond acceptors (Lipinski definition) is 6. The van der Waals surface area contributed by atoms with E-state index in [1.807, 2.05) is 6.92 Å². The number of nitrogen functional groups attached to an aromatic ring is 1. The fraction of sp³-hybridized carbons (Fsp3) is 0.158. The lowest BCUT2D eigenvalue weighted by atomic mass is 10.2. The Hall–Kier alpha value is -3.62. The zero-order valence-corrected chi connectivity index (χ0v) is 15.2. The minimum Gasteiger partial charge on any atom is -0.394 e. The summed E-state index contributed by atoms with van der Waals surface area (Å²) in [6.45, 7) is 3.64. The van der Waals surface area contributed by atoms with Gasteiger partial charge in [0.05, 0.1) is 36.0 Å². The molecule has 1 atom stereocenters. The summed E-state index contributed by atoms with van der Waals surface area (Å²) in [7, 11) is 0. The van der Waals surface area contributed by atoms with Gasteiger partial charge in [-0.05, 0) is 37.6 Å². The van der Waals surface area contributed by atoms with Crippen molar-refractivity contribution in [2.24, 2.45) is 0 Å². The van der Waals surface area contributed by atoms with Crippen LogP contribution in [0, 0.1) is 18.6 Å². The predicted molar refractivity (Wildman–Crippen MR) is 102 cm³/mol. The molecule has 28 heavy (non-hydrogen) atoms. The maximum atomic E-state index is 13.8. The second-order valence-corrected chi connectivity index (χ2v) is 6.44. The molecule has 4 aromatic heterocycles. The number of nitrogens with two attached hydrogens (primary N) is 1. The van der Waals surface area contributed by atoms with Crippen LogP contribution in [0.3, 0.4) is 0 Å². The van der Waals surface area contributed by atoms with E-state index >= 15 is 0 Å². The minimum atomic E-state index is -0.407. The van der Waals surface area contributed by atoms with Crippen molar-refractivity contribution in [3.63, 3.8) is 0 Å². The molecule has 0 radical (unpaired) electrons. The van der Waals surface area contributed by atoms with Crippen molar-refractivity contribution in [1.82, 2.24) is 24.3 Å². The van der Waals surface area contributed by atoms with Crippen LogP contribution in [0.25, 0.3) is 17.2 Å². The summed E-state index contributed by atoms with van der Waals surface area (Å²) in [6.07, 6.45) is 5.54. The zero-order chi connectivity index (χ0) is 19.8. The third-order valence-corrected chi connectivity index (χ3v) is 4.35. The van der Waals surface area contributed by atoms with Crippen LogP contribution >= 0.6 is 0 Å². The molecule has 0 fully saturated rings. The highest BCUT2D eigenvalue weighted by atomic mass is 19.1. The number of fused-ring (bicyclic) bond motifs is 1. The molecule has 0 aliphatic rings. The van der Waals surface area contributed by atoms with Crippen LogP contribution in [0.15, 0.2) is 43.0 Å². The van der Waals surface area contributed by atoms with Gasteiger partial charge < -0.3 is 11.1 Å². The Kier molecular flexibility index (Phi) is 4.34. The van der Waals surface area contributed by atoms with Gasteiger partial charge in [0.15, 0.2) is 11.6 Å². The smallest absolute Gasteiger partial charge is 0.180 e. The second-order valence-electron chi connectivity index (χ2n) is 6.44. The lowest BCUT2D eigenvalue weighted by Gasteiger charge is -2.16. The van der Waals surface area contributed by atoms with Crippen LogP contribution in [0.4, 0.5) is 20.3 Å². The van der Waals surface area contributed by atoms with Crippen molar-refractivity contribution in [3.8, 4) is 11.5 Å². The molecule has 4 rings (SSSR count). The molecule has 0 saturated carbocycles. The fourth-order valence-corrected chi connectivity index (χ4v) is 2.93. The molecule has 0 aliphatic carbocycles. The normalized spacial score (nSPS) is 12.3. The molecule has 4 heterocycles. The average Bonchev–Trinajstić information content (AvgIpc) is 3.08. The quantitative estimate of drug-likeness (QED) is 0.562. The van der Waals surface area contributed by atoms with Crippen LogP contribution in [0.2, 0.25) is 0 Å². The van der Waals surface area contributed by atoms with E-state index < -0.39 is 5.82 Å². The lowest BCUT2D eigenvalue weighted by molar-refractivity contribution is 0.617. The summed E-state index contributed by atoms with van der Waals surface area (Å²) in [5.41, 5.74) is 8.84. The number of hydrogen-bond donors (Lipinski definition) is 2. The first kappa shape index (κ1) is 17.8. The van der Waals surface area contributed by atoms with E-state index in [1.54, 1.807) is 23.6 Å². The monoisotopic (exact) mass is 381 g/mol. The van der Waals surface area contributed by atoms with Crippen LogP contribution < -0.4 is 11.1 Å². The van der Waals surface area contributed by atoms with E-state index in [0.29, 0.717) is 39.9 Å². The van der Waals surface area contributed by atoms with E-state index in [-0.39, 0.29) is 11.9 Å². The third-order valence-electron chi connectivity index (χ3n) is 4.35. The Labute approximate surface area is 159 Å². The highest BCUT2D eigenvalue weighted by molar-refractivity contribution is 5.66. The first-order chi connectivity index (χ1) is 13.4. The first-order valence-corrected chi connectivity index (χ1v) is 8.56. The number of aromatic nitrogens is 5. The zero-order valence-electron chi connectivity index (χ0n) is 15.2.